The Morgan fingerprint density at radius 2 is 2.18 bits per heavy atom. The predicted octanol–water partition coefficient (Wildman–Crippen LogP) is 3.69. The largest absolute Gasteiger partial charge is 0.495 e. The minimum Gasteiger partial charge on any atom is -0.495 e. The number of fused-ring (bicyclic) bond motifs is 1. The normalized spacial score (nSPS) is 22.1. The smallest absolute Gasteiger partial charge is 0.174 e. The van der Waals surface area contributed by atoms with Crippen LogP contribution in [0.2, 0.25) is 0 Å². The van der Waals surface area contributed by atoms with E-state index in [1.54, 1.807) is 0 Å². The van der Waals surface area contributed by atoms with Crippen molar-refractivity contribution in [2.24, 2.45) is 0 Å². The molecule has 1 aliphatic carbocycles. The van der Waals surface area contributed by atoms with Crippen LogP contribution in [-0.2, 0) is 0 Å². The van der Waals surface area contributed by atoms with Crippen LogP contribution < -0.4 is 9.47 Å². The van der Waals surface area contributed by atoms with E-state index < -0.39 is 5.60 Å². The van der Waals surface area contributed by atoms with E-state index in [2.05, 4.69) is 12.2 Å². The number of carbonyl (C=O) groups excluding carboxylic acids is 2. The molecule has 1 aromatic rings. The second-order valence-corrected chi connectivity index (χ2v) is 6.48. The molecule has 0 fully saturated rings. The first-order valence-corrected chi connectivity index (χ1v) is 7.56. The maximum Gasteiger partial charge on any atom is 0.174 e. The first-order chi connectivity index (χ1) is 10.5. The van der Waals surface area contributed by atoms with Gasteiger partial charge in [0.05, 0.1) is 19.1 Å². The van der Waals surface area contributed by atoms with Gasteiger partial charge in [0.25, 0.3) is 0 Å². The Hall–Kier alpha value is -2.10. The van der Waals surface area contributed by atoms with E-state index >= 15 is 0 Å². The molecule has 0 radical (unpaired) electrons. The number of aldehydes is 1. The minimum atomic E-state index is -0.541. The summed E-state index contributed by atoms with van der Waals surface area (Å²) in [5.74, 6) is 1.00. The number of allylic oxidation sites excluding steroid dienone is 2. The number of ether oxygens (including phenoxy) is 2. The van der Waals surface area contributed by atoms with E-state index in [-0.39, 0.29) is 18.1 Å². The van der Waals surface area contributed by atoms with Crippen LogP contribution in [0.25, 0.3) is 0 Å². The van der Waals surface area contributed by atoms with E-state index in [0.717, 1.165) is 24.7 Å². The molecule has 1 unspecified atom stereocenters. The van der Waals surface area contributed by atoms with Crippen molar-refractivity contribution in [2.75, 3.05) is 7.11 Å². The molecule has 0 saturated carbocycles. The van der Waals surface area contributed by atoms with Crippen LogP contribution in [0.5, 0.6) is 11.5 Å². The molecule has 0 saturated heterocycles. The monoisotopic (exact) mass is 300 g/mol. The summed E-state index contributed by atoms with van der Waals surface area (Å²) in [5, 5.41) is 0. The highest BCUT2D eigenvalue weighted by Gasteiger charge is 2.37. The lowest BCUT2D eigenvalue weighted by molar-refractivity contribution is 0.0613. The molecule has 0 amide bonds. The quantitative estimate of drug-likeness (QED) is 0.631. The molecule has 0 bridgehead atoms. The van der Waals surface area contributed by atoms with Gasteiger partial charge in [-0.05, 0) is 38.3 Å². The first-order valence-electron chi connectivity index (χ1n) is 7.56. The molecule has 0 N–H and O–H groups in total. The minimum absolute atomic E-state index is 0.0419. The van der Waals surface area contributed by atoms with Crippen molar-refractivity contribution in [3.05, 3.63) is 34.9 Å². The van der Waals surface area contributed by atoms with Gasteiger partial charge in [0.2, 0.25) is 0 Å². The van der Waals surface area contributed by atoms with Crippen molar-refractivity contribution in [2.45, 2.75) is 44.6 Å². The van der Waals surface area contributed by atoms with E-state index in [4.69, 9.17) is 9.47 Å². The zero-order valence-electron chi connectivity index (χ0n) is 13.1. The predicted molar refractivity (Wildman–Crippen MR) is 83.2 cm³/mol. The molecular formula is C18H20O4. The zero-order valence-corrected chi connectivity index (χ0v) is 13.1. The number of methoxy groups -OCH3 is 1. The molecule has 22 heavy (non-hydrogen) atoms. The van der Waals surface area contributed by atoms with E-state index in [1.807, 2.05) is 19.9 Å². The summed E-state index contributed by atoms with van der Waals surface area (Å²) in [6.45, 7) is 3.78. The molecule has 0 spiro atoms. The molecular weight excluding hydrogens is 280 g/mol. The van der Waals surface area contributed by atoms with Gasteiger partial charge in [0, 0.05) is 5.92 Å². The number of rotatable bonds is 3. The zero-order chi connectivity index (χ0) is 15.9. The lowest BCUT2D eigenvalue weighted by Gasteiger charge is -2.33. The standard InChI is InChI=1S/C18H20O4/c1-18(2)9-14(20)16-15(22-18)8-12(11-6-4-5-7-11)13(10-19)17(16)21-3/h4,6,8,10-11H,5,7,9H2,1-3H3. The average molecular weight is 300 g/mol. The first kappa shape index (κ1) is 14.8. The molecule has 1 atom stereocenters. The van der Waals surface area contributed by atoms with E-state index in [9.17, 15) is 9.59 Å². The molecule has 0 aromatic heterocycles. The Balaban J connectivity index is 2.23. The Bertz CT molecular complexity index is 670. The highest BCUT2D eigenvalue weighted by Crippen LogP contribution is 2.44. The van der Waals surface area contributed by atoms with Crippen LogP contribution >= 0.6 is 0 Å². The third kappa shape index (κ3) is 2.32. The van der Waals surface area contributed by atoms with Crippen LogP contribution in [0.4, 0.5) is 0 Å². The van der Waals surface area contributed by atoms with Gasteiger partial charge in [-0.15, -0.1) is 0 Å². The van der Waals surface area contributed by atoms with Crippen molar-refractivity contribution in [3.8, 4) is 11.5 Å². The number of benzene rings is 1. The molecule has 1 heterocycles. The Morgan fingerprint density at radius 3 is 2.77 bits per heavy atom. The fourth-order valence-electron chi connectivity index (χ4n) is 3.35. The van der Waals surface area contributed by atoms with Crippen LogP contribution in [0.1, 0.15) is 65.3 Å². The SMILES string of the molecule is COc1c(C=O)c(C2C=CCC2)cc2c1C(=O)CC(C)(C)O2. The van der Waals surface area contributed by atoms with Crippen molar-refractivity contribution >= 4 is 12.1 Å². The van der Waals surface area contributed by atoms with Gasteiger partial charge in [-0.25, -0.2) is 0 Å². The van der Waals surface area contributed by atoms with Gasteiger partial charge in [0.1, 0.15) is 22.7 Å². The summed E-state index contributed by atoms with van der Waals surface area (Å²) in [5.41, 5.74) is 1.20. The Kier molecular flexibility index (Phi) is 3.55. The van der Waals surface area contributed by atoms with Crippen LogP contribution in [-0.4, -0.2) is 24.8 Å². The summed E-state index contributed by atoms with van der Waals surface area (Å²) in [6, 6.07) is 1.85. The maximum absolute atomic E-state index is 12.5. The molecule has 1 aliphatic heterocycles. The topological polar surface area (TPSA) is 52.6 Å². The highest BCUT2D eigenvalue weighted by molar-refractivity contribution is 6.05. The fourth-order valence-corrected chi connectivity index (χ4v) is 3.35. The molecule has 4 heteroatoms. The number of Topliss-reactive ketones (excluding diaryl/α,β-unsaturated/α-hetero) is 1. The highest BCUT2D eigenvalue weighted by atomic mass is 16.5. The second-order valence-electron chi connectivity index (χ2n) is 6.48. The number of hydrogen-bond donors (Lipinski definition) is 0. The molecule has 4 nitrogen and oxygen atoms in total. The van der Waals surface area contributed by atoms with Crippen LogP contribution in [0, 0.1) is 0 Å². The Morgan fingerprint density at radius 1 is 1.41 bits per heavy atom. The lowest BCUT2D eigenvalue weighted by Crippen LogP contribution is -2.36. The van der Waals surface area contributed by atoms with E-state index in [1.165, 1.54) is 7.11 Å². The third-order valence-corrected chi connectivity index (χ3v) is 4.30. The van der Waals surface area contributed by atoms with Gasteiger partial charge in [0.15, 0.2) is 12.1 Å². The third-order valence-electron chi connectivity index (χ3n) is 4.30. The van der Waals surface area contributed by atoms with Gasteiger partial charge in [-0.1, -0.05) is 12.2 Å². The van der Waals surface area contributed by atoms with Crippen LogP contribution in [0.3, 0.4) is 0 Å². The number of hydrogen-bond acceptors (Lipinski definition) is 4. The number of carbonyl (C=O) groups is 2. The fraction of sp³-hybridized carbons (Fsp3) is 0.444. The van der Waals surface area contributed by atoms with E-state index in [0.29, 0.717) is 22.6 Å². The summed E-state index contributed by atoms with van der Waals surface area (Å²) in [7, 11) is 1.49. The van der Waals surface area contributed by atoms with Crippen LogP contribution in [0.15, 0.2) is 18.2 Å². The van der Waals surface area contributed by atoms with Gasteiger partial charge in [-0.2, -0.15) is 0 Å². The van der Waals surface area contributed by atoms with Gasteiger partial charge >= 0.3 is 0 Å². The average Bonchev–Trinajstić information content (AvgIpc) is 2.97. The second kappa shape index (κ2) is 5.27. The summed E-state index contributed by atoms with van der Waals surface area (Å²) >= 11 is 0. The molecule has 1 aromatic carbocycles. The van der Waals surface area contributed by atoms with Gasteiger partial charge in [-0.3, -0.25) is 9.59 Å². The summed E-state index contributed by atoms with van der Waals surface area (Å²) < 4.78 is 11.4. The van der Waals surface area contributed by atoms with Crippen molar-refractivity contribution in [3.63, 3.8) is 0 Å². The summed E-state index contributed by atoms with van der Waals surface area (Å²) in [4.78, 5) is 24.1. The lowest BCUT2D eigenvalue weighted by atomic mass is 9.86. The molecule has 116 valence electrons. The van der Waals surface area contributed by atoms with Gasteiger partial charge < -0.3 is 9.47 Å². The summed E-state index contributed by atoms with van der Waals surface area (Å²) in [6.07, 6.45) is 7.23. The van der Waals surface area contributed by atoms with Crippen molar-refractivity contribution in [1.29, 1.82) is 0 Å². The van der Waals surface area contributed by atoms with Crippen molar-refractivity contribution < 1.29 is 19.1 Å². The maximum atomic E-state index is 12.5. The van der Waals surface area contributed by atoms with Crippen molar-refractivity contribution in [1.82, 2.24) is 0 Å². The molecule has 2 aliphatic rings. The number of ketones is 1. The molecule has 3 rings (SSSR count). The Labute approximate surface area is 130 Å².